The highest BCUT2D eigenvalue weighted by Gasteiger charge is 2.30. The van der Waals surface area contributed by atoms with Crippen molar-refractivity contribution in [1.82, 2.24) is 0 Å². The zero-order valence-electron chi connectivity index (χ0n) is 7.50. The van der Waals surface area contributed by atoms with E-state index < -0.39 is 0 Å². The van der Waals surface area contributed by atoms with Crippen LogP contribution in [-0.4, -0.2) is 5.11 Å². The number of phenolic OH excluding ortho intramolecular Hbond substituents is 1. The fourth-order valence-corrected chi connectivity index (χ4v) is 2.73. The zero-order valence-corrected chi connectivity index (χ0v) is 10.7. The molecule has 1 unspecified atom stereocenters. The van der Waals surface area contributed by atoms with Gasteiger partial charge in [0.25, 0.3) is 0 Å². The second-order valence-electron chi connectivity index (χ2n) is 3.70. The van der Waals surface area contributed by atoms with Gasteiger partial charge in [0.05, 0.1) is 8.95 Å². The maximum Gasteiger partial charge on any atom is 0.143 e. The standard InChI is InChI=1S/C10H11Br2NO/c11-7-3-6(4-8(12)10(7)14)9(13)5-1-2-5/h3-5,9,14H,1-2,13H2. The Morgan fingerprint density at radius 2 is 1.79 bits per heavy atom. The number of hydrogen-bond acceptors (Lipinski definition) is 2. The van der Waals surface area contributed by atoms with Gasteiger partial charge in [0.1, 0.15) is 5.75 Å². The van der Waals surface area contributed by atoms with Gasteiger partial charge in [0.15, 0.2) is 0 Å². The van der Waals surface area contributed by atoms with Gasteiger partial charge in [-0.05, 0) is 68.3 Å². The summed E-state index contributed by atoms with van der Waals surface area (Å²) in [7, 11) is 0. The van der Waals surface area contributed by atoms with Crippen molar-refractivity contribution in [3.8, 4) is 5.75 Å². The summed E-state index contributed by atoms with van der Waals surface area (Å²) in [6.45, 7) is 0. The van der Waals surface area contributed by atoms with Gasteiger partial charge in [-0.25, -0.2) is 0 Å². The molecule has 1 saturated carbocycles. The minimum atomic E-state index is 0.100. The molecule has 0 aliphatic heterocycles. The third-order valence-electron chi connectivity index (χ3n) is 2.55. The summed E-state index contributed by atoms with van der Waals surface area (Å²) in [5, 5.41) is 9.53. The SMILES string of the molecule is NC(c1cc(Br)c(O)c(Br)c1)C1CC1. The van der Waals surface area contributed by atoms with Crippen molar-refractivity contribution in [3.05, 3.63) is 26.6 Å². The molecule has 2 rings (SSSR count). The van der Waals surface area contributed by atoms with Gasteiger partial charge in [-0.15, -0.1) is 0 Å². The van der Waals surface area contributed by atoms with Gasteiger partial charge in [-0.3, -0.25) is 0 Å². The molecule has 76 valence electrons. The molecule has 4 heteroatoms. The Hall–Kier alpha value is -0.0600. The molecule has 14 heavy (non-hydrogen) atoms. The molecule has 1 fully saturated rings. The Labute approximate surface area is 99.8 Å². The van der Waals surface area contributed by atoms with Gasteiger partial charge in [0.2, 0.25) is 0 Å². The fourth-order valence-electron chi connectivity index (χ4n) is 1.51. The summed E-state index contributed by atoms with van der Waals surface area (Å²) in [6.07, 6.45) is 2.44. The first-order chi connectivity index (χ1) is 6.59. The lowest BCUT2D eigenvalue weighted by Crippen LogP contribution is -2.12. The fraction of sp³-hybridized carbons (Fsp3) is 0.400. The van der Waals surface area contributed by atoms with Gasteiger partial charge in [-0.1, -0.05) is 0 Å². The predicted octanol–water partition coefficient (Wildman–Crippen LogP) is 3.33. The highest BCUT2D eigenvalue weighted by Crippen LogP contribution is 2.42. The van der Waals surface area contributed by atoms with Crippen molar-refractivity contribution in [2.24, 2.45) is 11.7 Å². The molecule has 1 aromatic rings. The van der Waals surface area contributed by atoms with E-state index in [1.54, 1.807) is 0 Å². The molecule has 2 nitrogen and oxygen atoms in total. The molecule has 1 aliphatic rings. The Bertz CT molecular complexity index is 340. The van der Waals surface area contributed by atoms with Crippen LogP contribution in [0.4, 0.5) is 0 Å². The molecule has 0 radical (unpaired) electrons. The number of benzene rings is 1. The first kappa shape index (κ1) is 10.5. The summed E-state index contributed by atoms with van der Waals surface area (Å²) >= 11 is 6.60. The van der Waals surface area contributed by atoms with Crippen LogP contribution in [0, 0.1) is 5.92 Å². The van der Waals surface area contributed by atoms with Crippen molar-refractivity contribution >= 4 is 31.9 Å². The summed E-state index contributed by atoms with van der Waals surface area (Å²) in [5.41, 5.74) is 7.14. The summed E-state index contributed by atoms with van der Waals surface area (Å²) in [6, 6.07) is 3.88. The van der Waals surface area contributed by atoms with Crippen molar-refractivity contribution < 1.29 is 5.11 Å². The van der Waals surface area contributed by atoms with Crippen LogP contribution < -0.4 is 5.73 Å². The number of halogens is 2. The van der Waals surface area contributed by atoms with E-state index in [1.807, 2.05) is 12.1 Å². The number of hydrogen-bond donors (Lipinski definition) is 2. The van der Waals surface area contributed by atoms with Gasteiger partial charge in [0, 0.05) is 6.04 Å². The minimum Gasteiger partial charge on any atom is -0.506 e. The van der Waals surface area contributed by atoms with Crippen LogP contribution in [-0.2, 0) is 0 Å². The molecule has 0 amide bonds. The Balaban J connectivity index is 2.34. The van der Waals surface area contributed by atoms with E-state index in [0.29, 0.717) is 14.9 Å². The average Bonchev–Trinajstić information content (AvgIpc) is 2.95. The molecule has 0 saturated heterocycles. The Morgan fingerprint density at radius 3 is 2.21 bits per heavy atom. The summed E-state index contributed by atoms with van der Waals surface area (Å²) < 4.78 is 1.39. The lowest BCUT2D eigenvalue weighted by atomic mass is 10.0. The van der Waals surface area contributed by atoms with Crippen LogP contribution in [0.5, 0.6) is 5.75 Å². The van der Waals surface area contributed by atoms with Crippen molar-refractivity contribution in [2.75, 3.05) is 0 Å². The Morgan fingerprint density at radius 1 is 1.29 bits per heavy atom. The van der Waals surface area contributed by atoms with E-state index in [1.165, 1.54) is 12.8 Å². The summed E-state index contributed by atoms with van der Waals surface area (Å²) in [4.78, 5) is 0. The third kappa shape index (κ3) is 1.97. The van der Waals surface area contributed by atoms with Crippen LogP contribution in [0.1, 0.15) is 24.4 Å². The number of phenols is 1. The van der Waals surface area contributed by atoms with Crippen LogP contribution >= 0.6 is 31.9 Å². The lowest BCUT2D eigenvalue weighted by Gasteiger charge is -2.12. The Kier molecular flexibility index (Phi) is 2.86. The maximum atomic E-state index is 9.53. The van der Waals surface area contributed by atoms with E-state index in [0.717, 1.165) is 5.56 Å². The van der Waals surface area contributed by atoms with Crippen LogP contribution in [0.2, 0.25) is 0 Å². The van der Waals surface area contributed by atoms with Crippen molar-refractivity contribution in [3.63, 3.8) is 0 Å². The van der Waals surface area contributed by atoms with Crippen molar-refractivity contribution in [2.45, 2.75) is 18.9 Å². The second-order valence-corrected chi connectivity index (χ2v) is 5.41. The average molecular weight is 321 g/mol. The molecule has 3 N–H and O–H groups in total. The number of rotatable bonds is 2. The van der Waals surface area contributed by atoms with E-state index in [9.17, 15) is 5.11 Å². The van der Waals surface area contributed by atoms with Gasteiger partial charge < -0.3 is 10.8 Å². The molecule has 0 spiro atoms. The quantitative estimate of drug-likeness (QED) is 0.878. The smallest absolute Gasteiger partial charge is 0.143 e. The maximum absolute atomic E-state index is 9.53. The first-order valence-electron chi connectivity index (χ1n) is 4.53. The molecule has 1 aliphatic carbocycles. The highest BCUT2D eigenvalue weighted by molar-refractivity contribution is 9.11. The van der Waals surface area contributed by atoms with E-state index in [2.05, 4.69) is 31.9 Å². The van der Waals surface area contributed by atoms with Crippen LogP contribution in [0.3, 0.4) is 0 Å². The van der Waals surface area contributed by atoms with Crippen LogP contribution in [0.25, 0.3) is 0 Å². The highest BCUT2D eigenvalue weighted by atomic mass is 79.9. The molecule has 1 aromatic carbocycles. The zero-order chi connectivity index (χ0) is 10.3. The van der Waals surface area contributed by atoms with Crippen LogP contribution in [0.15, 0.2) is 21.1 Å². The third-order valence-corrected chi connectivity index (χ3v) is 3.76. The van der Waals surface area contributed by atoms with E-state index in [-0.39, 0.29) is 11.8 Å². The monoisotopic (exact) mass is 319 g/mol. The molecule has 0 bridgehead atoms. The number of aromatic hydroxyl groups is 1. The molecule has 0 heterocycles. The normalized spacial score (nSPS) is 18.2. The number of nitrogens with two attached hydrogens (primary N) is 1. The van der Waals surface area contributed by atoms with Gasteiger partial charge >= 0.3 is 0 Å². The van der Waals surface area contributed by atoms with Gasteiger partial charge in [-0.2, -0.15) is 0 Å². The predicted molar refractivity (Wildman–Crippen MR) is 63.2 cm³/mol. The topological polar surface area (TPSA) is 46.2 Å². The molecular weight excluding hydrogens is 310 g/mol. The van der Waals surface area contributed by atoms with E-state index >= 15 is 0 Å². The first-order valence-corrected chi connectivity index (χ1v) is 6.11. The van der Waals surface area contributed by atoms with E-state index in [4.69, 9.17) is 5.73 Å². The largest absolute Gasteiger partial charge is 0.506 e. The summed E-state index contributed by atoms with van der Waals surface area (Å²) in [5.74, 6) is 0.857. The molecular formula is C10H11Br2NO. The lowest BCUT2D eigenvalue weighted by molar-refractivity contribution is 0.467. The molecule has 0 aromatic heterocycles. The van der Waals surface area contributed by atoms with Crippen molar-refractivity contribution in [1.29, 1.82) is 0 Å². The second kappa shape index (κ2) is 3.83. The molecule has 1 atom stereocenters. The minimum absolute atomic E-state index is 0.100.